The highest BCUT2D eigenvalue weighted by atomic mass is 16.7. The third-order valence-electron chi connectivity index (χ3n) is 5.48. The SMILES string of the molecule is C=C1C(c2cc(C)ccc2C)=C(O)C2(CCN(OC)CC2)N1C. The van der Waals surface area contributed by atoms with Crippen LogP contribution >= 0.6 is 0 Å². The number of benzene rings is 1. The fourth-order valence-electron chi connectivity index (χ4n) is 3.85. The van der Waals surface area contributed by atoms with Crippen LogP contribution in [0.3, 0.4) is 0 Å². The number of aliphatic hydroxyl groups excluding tert-OH is 1. The van der Waals surface area contributed by atoms with Crippen LogP contribution in [0, 0.1) is 13.8 Å². The summed E-state index contributed by atoms with van der Waals surface area (Å²) in [7, 11) is 3.74. The predicted molar refractivity (Wildman–Crippen MR) is 92.9 cm³/mol. The van der Waals surface area contributed by atoms with Gasteiger partial charge >= 0.3 is 0 Å². The molecule has 1 N–H and O–H groups in total. The number of piperidine rings is 1. The summed E-state index contributed by atoms with van der Waals surface area (Å²) in [6, 6.07) is 6.35. The number of aryl methyl sites for hydroxylation is 2. The van der Waals surface area contributed by atoms with E-state index in [1.165, 1.54) is 5.56 Å². The minimum atomic E-state index is -0.350. The highest BCUT2D eigenvalue weighted by Crippen LogP contribution is 2.48. The van der Waals surface area contributed by atoms with E-state index in [9.17, 15) is 5.11 Å². The summed E-state index contributed by atoms with van der Waals surface area (Å²) in [5.41, 5.74) is 4.90. The Kier molecular flexibility index (Phi) is 3.98. The zero-order valence-corrected chi connectivity index (χ0v) is 14.5. The second-order valence-corrected chi connectivity index (χ2v) is 6.69. The van der Waals surface area contributed by atoms with E-state index in [1.807, 2.05) is 12.1 Å². The molecule has 4 nitrogen and oxygen atoms in total. The van der Waals surface area contributed by atoms with Gasteiger partial charge < -0.3 is 14.8 Å². The monoisotopic (exact) mass is 314 g/mol. The highest BCUT2D eigenvalue weighted by Gasteiger charge is 2.49. The summed E-state index contributed by atoms with van der Waals surface area (Å²) in [4.78, 5) is 7.49. The quantitative estimate of drug-likeness (QED) is 0.907. The molecule has 1 spiro atoms. The van der Waals surface area contributed by atoms with Crippen LogP contribution in [0.15, 0.2) is 36.2 Å². The standard InChI is InChI=1S/C19H26N2O2/c1-13-6-7-14(2)16(12-13)17-15(3)20(4)19(18(17)22)8-10-21(23-5)11-9-19/h6-7,12,22H,3,8-11H2,1-2,4-5H3. The number of hydrogen-bond donors (Lipinski definition) is 1. The lowest BCUT2D eigenvalue weighted by Crippen LogP contribution is -2.51. The Bertz CT molecular complexity index is 670. The lowest BCUT2D eigenvalue weighted by Gasteiger charge is -2.43. The molecule has 0 aliphatic carbocycles. The number of likely N-dealkylation sites (N-methyl/N-ethyl adjacent to an activating group) is 1. The Morgan fingerprint density at radius 2 is 1.87 bits per heavy atom. The summed E-state index contributed by atoms with van der Waals surface area (Å²) in [6.07, 6.45) is 1.66. The van der Waals surface area contributed by atoms with Crippen molar-refractivity contribution in [1.29, 1.82) is 0 Å². The molecule has 0 atom stereocenters. The van der Waals surface area contributed by atoms with E-state index < -0.39 is 0 Å². The number of hydrogen-bond acceptors (Lipinski definition) is 4. The summed E-state index contributed by atoms with van der Waals surface area (Å²) < 4.78 is 0. The van der Waals surface area contributed by atoms with E-state index in [2.05, 4.69) is 43.5 Å². The third kappa shape index (κ3) is 2.37. The molecule has 2 aliphatic heterocycles. The Morgan fingerprint density at radius 1 is 1.22 bits per heavy atom. The molecule has 23 heavy (non-hydrogen) atoms. The van der Waals surface area contributed by atoms with Gasteiger partial charge in [0.2, 0.25) is 0 Å². The topological polar surface area (TPSA) is 35.9 Å². The number of hydroxylamine groups is 2. The first-order valence-electron chi connectivity index (χ1n) is 8.14. The van der Waals surface area contributed by atoms with Crippen molar-refractivity contribution in [2.45, 2.75) is 32.2 Å². The Morgan fingerprint density at radius 3 is 2.48 bits per heavy atom. The van der Waals surface area contributed by atoms with Crippen molar-refractivity contribution < 1.29 is 9.94 Å². The smallest absolute Gasteiger partial charge is 0.128 e. The molecule has 1 aromatic carbocycles. The Labute approximate surface area is 138 Å². The average molecular weight is 314 g/mol. The van der Waals surface area contributed by atoms with Gasteiger partial charge in [-0.15, -0.1) is 0 Å². The van der Waals surface area contributed by atoms with Gasteiger partial charge in [0.25, 0.3) is 0 Å². The molecule has 2 heterocycles. The van der Waals surface area contributed by atoms with Crippen molar-refractivity contribution in [3.05, 3.63) is 52.9 Å². The molecule has 0 aromatic heterocycles. The van der Waals surface area contributed by atoms with Crippen LogP contribution in [0.2, 0.25) is 0 Å². The fraction of sp³-hybridized carbons (Fsp3) is 0.474. The van der Waals surface area contributed by atoms with Gasteiger partial charge in [-0.3, -0.25) is 0 Å². The maximum Gasteiger partial charge on any atom is 0.128 e. The van der Waals surface area contributed by atoms with Gasteiger partial charge in [0, 0.05) is 31.4 Å². The van der Waals surface area contributed by atoms with E-state index in [0.717, 1.165) is 48.3 Å². The third-order valence-corrected chi connectivity index (χ3v) is 5.48. The van der Waals surface area contributed by atoms with E-state index in [1.54, 1.807) is 7.11 Å². The minimum Gasteiger partial charge on any atom is -0.509 e. The molecular formula is C19H26N2O2. The van der Waals surface area contributed by atoms with Gasteiger partial charge in [0.1, 0.15) is 11.3 Å². The molecule has 0 unspecified atom stereocenters. The molecule has 4 heteroatoms. The Balaban J connectivity index is 2.06. The van der Waals surface area contributed by atoms with Gasteiger partial charge in [-0.1, -0.05) is 30.3 Å². The molecule has 2 aliphatic rings. The maximum absolute atomic E-state index is 11.2. The predicted octanol–water partition coefficient (Wildman–Crippen LogP) is 3.43. The van der Waals surface area contributed by atoms with Gasteiger partial charge in [-0.25, -0.2) is 0 Å². The molecule has 124 valence electrons. The largest absolute Gasteiger partial charge is 0.509 e. The molecule has 0 radical (unpaired) electrons. The van der Waals surface area contributed by atoms with Crippen molar-refractivity contribution in [2.24, 2.45) is 0 Å². The molecule has 0 saturated carbocycles. The number of nitrogens with zero attached hydrogens (tertiary/aromatic N) is 2. The number of allylic oxidation sites excluding steroid dienone is 1. The van der Waals surface area contributed by atoms with Gasteiger partial charge in [-0.05, 0) is 37.8 Å². The van der Waals surface area contributed by atoms with Crippen molar-refractivity contribution >= 4 is 5.57 Å². The van der Waals surface area contributed by atoms with Crippen LogP contribution in [0.25, 0.3) is 5.57 Å². The van der Waals surface area contributed by atoms with E-state index in [-0.39, 0.29) is 5.54 Å². The summed E-state index contributed by atoms with van der Waals surface area (Å²) >= 11 is 0. The zero-order chi connectivity index (χ0) is 16.8. The second kappa shape index (κ2) is 5.69. The van der Waals surface area contributed by atoms with Crippen LogP contribution in [-0.4, -0.2) is 47.9 Å². The van der Waals surface area contributed by atoms with Gasteiger partial charge in [-0.2, -0.15) is 5.06 Å². The zero-order valence-electron chi connectivity index (χ0n) is 14.5. The minimum absolute atomic E-state index is 0.350. The van der Waals surface area contributed by atoms with Crippen molar-refractivity contribution in [1.82, 2.24) is 9.96 Å². The molecule has 0 amide bonds. The van der Waals surface area contributed by atoms with Crippen LogP contribution in [0.5, 0.6) is 0 Å². The number of rotatable bonds is 2. The summed E-state index contributed by atoms with van der Waals surface area (Å²) in [5.74, 6) is 0.467. The van der Waals surface area contributed by atoms with E-state index in [0.29, 0.717) is 5.76 Å². The lowest BCUT2D eigenvalue weighted by atomic mass is 9.85. The summed E-state index contributed by atoms with van der Waals surface area (Å²) in [6.45, 7) is 10.0. The van der Waals surface area contributed by atoms with Crippen molar-refractivity contribution in [3.8, 4) is 0 Å². The second-order valence-electron chi connectivity index (χ2n) is 6.69. The molecular weight excluding hydrogens is 288 g/mol. The van der Waals surface area contributed by atoms with Crippen LogP contribution in [-0.2, 0) is 4.84 Å². The fourth-order valence-corrected chi connectivity index (χ4v) is 3.85. The van der Waals surface area contributed by atoms with Gasteiger partial charge in [0.05, 0.1) is 7.11 Å². The first-order chi connectivity index (χ1) is 10.9. The van der Waals surface area contributed by atoms with Crippen LogP contribution in [0.1, 0.15) is 29.5 Å². The first kappa shape index (κ1) is 16.1. The normalized spacial score (nSPS) is 21.6. The van der Waals surface area contributed by atoms with Gasteiger partial charge in [0.15, 0.2) is 0 Å². The van der Waals surface area contributed by atoms with E-state index in [4.69, 9.17) is 4.84 Å². The maximum atomic E-state index is 11.2. The Hall–Kier alpha value is -1.78. The molecule has 3 rings (SSSR count). The van der Waals surface area contributed by atoms with Crippen LogP contribution in [0.4, 0.5) is 0 Å². The first-order valence-corrected chi connectivity index (χ1v) is 8.14. The lowest BCUT2D eigenvalue weighted by molar-refractivity contribution is -0.157. The molecule has 1 aromatic rings. The van der Waals surface area contributed by atoms with Crippen molar-refractivity contribution in [2.75, 3.05) is 27.2 Å². The van der Waals surface area contributed by atoms with Crippen molar-refractivity contribution in [3.63, 3.8) is 0 Å². The molecule has 0 bridgehead atoms. The average Bonchev–Trinajstić information content (AvgIpc) is 2.73. The van der Waals surface area contributed by atoms with Crippen LogP contribution < -0.4 is 0 Å². The number of aliphatic hydroxyl groups is 1. The van der Waals surface area contributed by atoms with E-state index >= 15 is 0 Å². The molecule has 1 saturated heterocycles. The summed E-state index contributed by atoms with van der Waals surface area (Å²) in [5, 5.41) is 13.1. The molecule has 1 fully saturated rings. The highest BCUT2D eigenvalue weighted by molar-refractivity contribution is 5.85.